The second-order valence-electron chi connectivity index (χ2n) is 6.12. The average molecular weight is 308 g/mol. The van der Waals surface area contributed by atoms with Crippen LogP contribution < -0.4 is 10.2 Å². The lowest BCUT2D eigenvalue weighted by Crippen LogP contribution is -2.25. The van der Waals surface area contributed by atoms with Crippen molar-refractivity contribution >= 4 is 17.0 Å². The number of benzene rings is 1. The summed E-state index contributed by atoms with van der Waals surface area (Å²) in [5, 5.41) is 3.43. The van der Waals surface area contributed by atoms with Gasteiger partial charge in [-0.15, -0.1) is 0 Å². The number of nitrogens with one attached hydrogen (secondary N) is 1. The zero-order valence-electron chi connectivity index (χ0n) is 13.5. The van der Waals surface area contributed by atoms with Gasteiger partial charge in [-0.05, 0) is 29.7 Å². The van der Waals surface area contributed by atoms with Crippen molar-refractivity contribution in [3.05, 3.63) is 47.5 Å². The molecule has 0 fully saturated rings. The highest BCUT2D eigenvalue weighted by molar-refractivity contribution is 5.83. The predicted octanol–water partition coefficient (Wildman–Crippen LogP) is 1.59. The zero-order chi connectivity index (χ0) is 15.8. The van der Waals surface area contributed by atoms with E-state index in [1.165, 1.54) is 16.7 Å². The Morgan fingerprint density at radius 1 is 1.22 bits per heavy atom. The molecule has 0 radical (unpaired) electrons. The second kappa shape index (κ2) is 5.62. The molecule has 23 heavy (non-hydrogen) atoms. The number of aromatic nitrogens is 4. The summed E-state index contributed by atoms with van der Waals surface area (Å²) in [5.74, 6) is 0.855. The average Bonchev–Trinajstić information content (AvgIpc) is 2.98. The van der Waals surface area contributed by atoms with Crippen molar-refractivity contribution in [1.29, 1.82) is 0 Å². The quantitative estimate of drug-likeness (QED) is 0.796. The molecular weight excluding hydrogens is 288 g/mol. The number of hydrogen-bond donors (Lipinski definition) is 1. The van der Waals surface area contributed by atoms with Crippen LogP contribution in [0.15, 0.2) is 30.9 Å². The number of rotatable bonds is 3. The van der Waals surface area contributed by atoms with Crippen LogP contribution in [-0.4, -0.2) is 40.2 Å². The van der Waals surface area contributed by atoms with E-state index in [9.17, 15) is 0 Å². The van der Waals surface area contributed by atoms with E-state index in [0.29, 0.717) is 0 Å². The van der Waals surface area contributed by atoms with Gasteiger partial charge in [0.25, 0.3) is 0 Å². The van der Waals surface area contributed by atoms with Gasteiger partial charge in [0, 0.05) is 20.6 Å². The summed E-state index contributed by atoms with van der Waals surface area (Å²) in [6.07, 6.45) is 4.56. The van der Waals surface area contributed by atoms with Gasteiger partial charge in [0.2, 0.25) is 0 Å². The van der Waals surface area contributed by atoms with Crippen molar-refractivity contribution in [2.24, 2.45) is 0 Å². The van der Waals surface area contributed by atoms with Crippen LogP contribution in [0.25, 0.3) is 11.2 Å². The maximum atomic E-state index is 4.53. The number of anilines is 1. The molecule has 6 nitrogen and oxygen atoms in total. The molecule has 0 saturated heterocycles. The molecule has 2 aromatic heterocycles. The van der Waals surface area contributed by atoms with Crippen LogP contribution in [0.2, 0.25) is 0 Å². The van der Waals surface area contributed by atoms with E-state index in [-0.39, 0.29) is 0 Å². The third-order valence-electron chi connectivity index (χ3n) is 4.38. The lowest BCUT2D eigenvalue weighted by atomic mass is 9.95. The van der Waals surface area contributed by atoms with Gasteiger partial charge in [0.1, 0.15) is 6.33 Å². The molecule has 6 heteroatoms. The first-order valence-electron chi connectivity index (χ1n) is 7.87. The first kappa shape index (κ1) is 14.1. The van der Waals surface area contributed by atoms with Crippen LogP contribution in [0.5, 0.6) is 0 Å². The molecule has 3 aromatic rings. The molecule has 1 aliphatic heterocycles. The van der Waals surface area contributed by atoms with Crippen molar-refractivity contribution in [2.45, 2.75) is 19.5 Å². The summed E-state index contributed by atoms with van der Waals surface area (Å²) >= 11 is 0. The molecule has 1 N–H and O–H groups in total. The van der Waals surface area contributed by atoms with E-state index in [1.807, 2.05) is 25.3 Å². The lowest BCUT2D eigenvalue weighted by Gasteiger charge is -2.20. The third-order valence-corrected chi connectivity index (χ3v) is 4.38. The Labute approximate surface area is 135 Å². The van der Waals surface area contributed by atoms with Crippen LogP contribution >= 0.6 is 0 Å². The van der Waals surface area contributed by atoms with Gasteiger partial charge >= 0.3 is 0 Å². The van der Waals surface area contributed by atoms with Gasteiger partial charge in [0.05, 0.1) is 12.9 Å². The first-order valence-corrected chi connectivity index (χ1v) is 7.87. The largest absolute Gasteiger partial charge is 0.361 e. The molecule has 0 unspecified atom stereocenters. The summed E-state index contributed by atoms with van der Waals surface area (Å²) in [6, 6.07) is 6.56. The minimum Gasteiger partial charge on any atom is -0.361 e. The fourth-order valence-corrected chi connectivity index (χ4v) is 3.25. The SMILES string of the molecule is CN(C)c1ncnc2c1ncn2Cc1cccc2c1CCNC2. The summed E-state index contributed by atoms with van der Waals surface area (Å²) in [4.78, 5) is 15.3. The van der Waals surface area contributed by atoms with Gasteiger partial charge in [-0.3, -0.25) is 0 Å². The molecule has 1 aliphatic rings. The van der Waals surface area contributed by atoms with E-state index >= 15 is 0 Å². The van der Waals surface area contributed by atoms with E-state index in [4.69, 9.17) is 0 Å². The summed E-state index contributed by atoms with van der Waals surface area (Å²) in [6.45, 7) is 2.80. The van der Waals surface area contributed by atoms with Crippen LogP contribution in [0.3, 0.4) is 0 Å². The van der Waals surface area contributed by atoms with Gasteiger partial charge in [-0.1, -0.05) is 18.2 Å². The minimum atomic E-state index is 0.795. The topological polar surface area (TPSA) is 58.9 Å². The van der Waals surface area contributed by atoms with E-state index in [0.717, 1.165) is 43.0 Å². The third kappa shape index (κ3) is 2.45. The van der Waals surface area contributed by atoms with Gasteiger partial charge in [0.15, 0.2) is 17.0 Å². The zero-order valence-corrected chi connectivity index (χ0v) is 13.5. The second-order valence-corrected chi connectivity index (χ2v) is 6.12. The van der Waals surface area contributed by atoms with Crippen molar-refractivity contribution in [1.82, 2.24) is 24.8 Å². The van der Waals surface area contributed by atoms with E-state index in [2.05, 4.69) is 43.0 Å². The molecule has 0 atom stereocenters. The highest BCUT2D eigenvalue weighted by Gasteiger charge is 2.15. The molecule has 0 aliphatic carbocycles. The van der Waals surface area contributed by atoms with Crippen LogP contribution in [-0.2, 0) is 19.5 Å². The smallest absolute Gasteiger partial charge is 0.165 e. The fraction of sp³-hybridized carbons (Fsp3) is 0.353. The van der Waals surface area contributed by atoms with Crippen molar-refractivity contribution in [3.63, 3.8) is 0 Å². The normalized spacial score (nSPS) is 14.0. The summed E-state index contributed by atoms with van der Waals surface area (Å²) in [5.41, 5.74) is 5.96. The molecule has 118 valence electrons. The van der Waals surface area contributed by atoms with Gasteiger partial charge < -0.3 is 14.8 Å². The highest BCUT2D eigenvalue weighted by atomic mass is 15.2. The maximum absolute atomic E-state index is 4.53. The van der Waals surface area contributed by atoms with Crippen LogP contribution in [0, 0.1) is 0 Å². The Hall–Kier alpha value is -2.47. The van der Waals surface area contributed by atoms with Gasteiger partial charge in [-0.2, -0.15) is 0 Å². The van der Waals surface area contributed by atoms with E-state index in [1.54, 1.807) is 6.33 Å². The molecule has 1 aromatic carbocycles. The summed E-state index contributed by atoms with van der Waals surface area (Å²) in [7, 11) is 3.95. The Morgan fingerprint density at radius 3 is 3.00 bits per heavy atom. The summed E-state index contributed by atoms with van der Waals surface area (Å²) < 4.78 is 2.11. The number of imidazole rings is 1. The Morgan fingerprint density at radius 2 is 2.13 bits per heavy atom. The lowest BCUT2D eigenvalue weighted by molar-refractivity contribution is 0.635. The molecular formula is C17H20N6. The Kier molecular flexibility index (Phi) is 3.46. The molecule has 0 saturated carbocycles. The van der Waals surface area contributed by atoms with Gasteiger partial charge in [-0.25, -0.2) is 15.0 Å². The number of hydrogen-bond acceptors (Lipinski definition) is 5. The molecule has 3 heterocycles. The van der Waals surface area contributed by atoms with Crippen LogP contribution in [0.1, 0.15) is 16.7 Å². The molecule has 0 amide bonds. The van der Waals surface area contributed by atoms with Crippen molar-refractivity contribution in [2.75, 3.05) is 25.5 Å². The molecule has 0 bridgehead atoms. The Balaban J connectivity index is 1.76. The highest BCUT2D eigenvalue weighted by Crippen LogP contribution is 2.23. The fourth-order valence-electron chi connectivity index (χ4n) is 3.25. The monoisotopic (exact) mass is 308 g/mol. The molecule has 0 spiro atoms. The maximum Gasteiger partial charge on any atom is 0.165 e. The molecule has 4 rings (SSSR count). The Bertz CT molecular complexity index is 851. The minimum absolute atomic E-state index is 0.795. The van der Waals surface area contributed by atoms with Crippen molar-refractivity contribution in [3.8, 4) is 0 Å². The first-order chi connectivity index (χ1) is 11.2. The van der Waals surface area contributed by atoms with E-state index < -0.39 is 0 Å². The van der Waals surface area contributed by atoms with Crippen LogP contribution in [0.4, 0.5) is 5.82 Å². The number of fused-ring (bicyclic) bond motifs is 2. The predicted molar refractivity (Wildman–Crippen MR) is 90.6 cm³/mol. The number of nitrogens with zero attached hydrogens (tertiary/aromatic N) is 5. The standard InChI is InChI=1S/C17H20N6/c1-22(2)16-15-17(20-10-19-16)23(11-21-15)9-13-5-3-4-12-8-18-7-6-14(12)13/h3-5,10-11,18H,6-9H2,1-2H3. The van der Waals surface area contributed by atoms with Crippen molar-refractivity contribution < 1.29 is 0 Å².